The van der Waals surface area contributed by atoms with Crippen molar-refractivity contribution in [3.05, 3.63) is 59.7 Å². The molecule has 0 radical (unpaired) electrons. The van der Waals surface area contributed by atoms with Gasteiger partial charge in [-0.3, -0.25) is 20.4 Å². The first kappa shape index (κ1) is 15.9. The molecule has 1 heterocycles. The molecule has 2 aromatic rings. The molecule has 0 aliphatic carbocycles. The van der Waals surface area contributed by atoms with Crippen molar-refractivity contribution in [2.75, 3.05) is 6.79 Å². The number of rotatable bonds is 4. The summed E-state index contributed by atoms with van der Waals surface area (Å²) in [5.41, 5.74) is 6.22. The predicted molar refractivity (Wildman–Crippen MR) is 87.6 cm³/mol. The summed E-state index contributed by atoms with van der Waals surface area (Å²) in [7, 11) is 0. The van der Waals surface area contributed by atoms with Crippen molar-refractivity contribution in [2.24, 2.45) is 0 Å². The van der Waals surface area contributed by atoms with Crippen LogP contribution in [0.2, 0.25) is 0 Å². The number of hydrogen-bond acceptors (Lipinski definition) is 4. The summed E-state index contributed by atoms with van der Waals surface area (Å²) in [6.07, 6.45) is 0.635. The van der Waals surface area contributed by atoms with E-state index in [1.54, 1.807) is 18.2 Å². The van der Waals surface area contributed by atoms with E-state index in [1.807, 2.05) is 37.3 Å². The van der Waals surface area contributed by atoms with E-state index in [1.165, 1.54) is 0 Å². The van der Waals surface area contributed by atoms with Gasteiger partial charge in [-0.05, 0) is 30.2 Å². The molecule has 0 spiro atoms. The van der Waals surface area contributed by atoms with E-state index in [0.29, 0.717) is 23.5 Å². The Bertz CT molecular complexity index is 746. The van der Waals surface area contributed by atoms with E-state index >= 15 is 0 Å². The molecule has 0 aromatic heterocycles. The summed E-state index contributed by atoms with van der Waals surface area (Å²) in [6.45, 7) is 2.07. The molecule has 2 aromatic carbocycles. The monoisotopic (exact) mass is 326 g/mol. The van der Waals surface area contributed by atoms with Crippen molar-refractivity contribution in [1.29, 1.82) is 0 Å². The van der Waals surface area contributed by atoms with E-state index < -0.39 is 5.91 Å². The Kier molecular flexibility index (Phi) is 4.65. The van der Waals surface area contributed by atoms with Crippen molar-refractivity contribution in [1.82, 2.24) is 10.9 Å². The Labute approximate surface area is 139 Å². The van der Waals surface area contributed by atoms with Crippen LogP contribution in [0.3, 0.4) is 0 Å². The maximum Gasteiger partial charge on any atom is 0.269 e. The lowest BCUT2D eigenvalue weighted by molar-refractivity contribution is -0.123. The van der Waals surface area contributed by atoms with Gasteiger partial charge in [0.25, 0.3) is 5.91 Å². The first-order chi connectivity index (χ1) is 11.7. The van der Waals surface area contributed by atoms with Gasteiger partial charge in [0.05, 0.1) is 5.92 Å². The Morgan fingerprint density at radius 1 is 1.04 bits per heavy atom. The number of hydrogen-bond donors (Lipinski definition) is 2. The minimum atomic E-state index is -0.412. The Hall–Kier alpha value is -3.02. The van der Waals surface area contributed by atoms with Gasteiger partial charge >= 0.3 is 0 Å². The second-order valence-corrected chi connectivity index (χ2v) is 5.38. The largest absolute Gasteiger partial charge is 0.454 e. The third kappa shape index (κ3) is 3.32. The van der Waals surface area contributed by atoms with E-state index in [9.17, 15) is 9.59 Å². The standard InChI is InChI=1S/C18H18N2O4/c1-2-14(12-6-4-3-5-7-12)18(22)20-19-17(21)13-8-9-15-16(10-13)24-11-23-15/h3-10,14H,2,11H2,1H3,(H,19,21)(H,20,22)/t14-/m1/s1. The van der Waals surface area contributed by atoms with Gasteiger partial charge in [-0.15, -0.1) is 0 Å². The molecule has 0 unspecified atom stereocenters. The molecule has 0 saturated carbocycles. The Balaban J connectivity index is 1.62. The van der Waals surface area contributed by atoms with Gasteiger partial charge in [0.2, 0.25) is 12.7 Å². The highest BCUT2D eigenvalue weighted by molar-refractivity contribution is 5.96. The fourth-order valence-electron chi connectivity index (χ4n) is 2.57. The number of carbonyl (C=O) groups is 2. The fourth-order valence-corrected chi connectivity index (χ4v) is 2.57. The van der Waals surface area contributed by atoms with Crippen LogP contribution >= 0.6 is 0 Å². The highest BCUT2D eigenvalue weighted by atomic mass is 16.7. The van der Waals surface area contributed by atoms with Crippen LogP contribution in [-0.2, 0) is 4.79 Å². The highest BCUT2D eigenvalue weighted by Crippen LogP contribution is 2.32. The van der Waals surface area contributed by atoms with E-state index in [4.69, 9.17) is 9.47 Å². The molecule has 1 atom stereocenters. The number of hydrazine groups is 1. The van der Waals surface area contributed by atoms with Gasteiger partial charge in [0, 0.05) is 5.56 Å². The number of carbonyl (C=O) groups excluding carboxylic acids is 2. The van der Waals surface area contributed by atoms with Gasteiger partial charge in [0.15, 0.2) is 11.5 Å². The lowest BCUT2D eigenvalue weighted by atomic mass is 9.96. The molecule has 6 heteroatoms. The molecule has 0 fully saturated rings. The number of ether oxygens (including phenoxy) is 2. The molecule has 1 aliphatic rings. The van der Waals surface area contributed by atoms with E-state index in [2.05, 4.69) is 10.9 Å². The molecule has 3 rings (SSSR count). The summed E-state index contributed by atoms with van der Waals surface area (Å²) < 4.78 is 10.4. The average molecular weight is 326 g/mol. The fraction of sp³-hybridized carbons (Fsp3) is 0.222. The summed E-state index contributed by atoms with van der Waals surface area (Å²) in [4.78, 5) is 24.5. The third-order valence-corrected chi connectivity index (χ3v) is 3.86. The molecule has 6 nitrogen and oxygen atoms in total. The van der Waals surface area contributed by atoms with Crippen molar-refractivity contribution in [3.63, 3.8) is 0 Å². The summed E-state index contributed by atoms with van der Waals surface area (Å²) >= 11 is 0. The molecule has 0 saturated heterocycles. The topological polar surface area (TPSA) is 76.7 Å². The lowest BCUT2D eigenvalue weighted by Crippen LogP contribution is -2.43. The van der Waals surface area contributed by atoms with Crippen LogP contribution < -0.4 is 20.3 Å². The summed E-state index contributed by atoms with van der Waals surface area (Å²) in [6, 6.07) is 14.3. The maximum atomic E-state index is 12.3. The molecule has 2 N–H and O–H groups in total. The number of amides is 2. The van der Waals surface area contributed by atoms with Crippen LogP contribution in [0, 0.1) is 0 Å². The van der Waals surface area contributed by atoms with Crippen LogP contribution in [0.1, 0.15) is 35.2 Å². The quantitative estimate of drug-likeness (QED) is 0.846. The SMILES string of the molecule is CC[C@@H](C(=O)NNC(=O)c1ccc2c(c1)OCO2)c1ccccc1. The lowest BCUT2D eigenvalue weighted by Gasteiger charge is -2.16. The Morgan fingerprint density at radius 2 is 1.79 bits per heavy atom. The van der Waals surface area contributed by atoms with Crippen LogP contribution in [0.25, 0.3) is 0 Å². The first-order valence-corrected chi connectivity index (χ1v) is 7.74. The normalized spacial score (nSPS) is 13.2. The number of nitrogens with one attached hydrogen (secondary N) is 2. The van der Waals surface area contributed by atoms with Crippen LogP contribution in [-0.4, -0.2) is 18.6 Å². The molecule has 124 valence electrons. The smallest absolute Gasteiger partial charge is 0.269 e. The number of benzene rings is 2. The zero-order valence-electron chi connectivity index (χ0n) is 13.2. The third-order valence-electron chi connectivity index (χ3n) is 3.86. The molecular formula is C18H18N2O4. The zero-order valence-corrected chi connectivity index (χ0v) is 13.2. The minimum absolute atomic E-state index is 0.145. The van der Waals surface area contributed by atoms with Gasteiger partial charge in [0.1, 0.15) is 0 Å². The van der Waals surface area contributed by atoms with Gasteiger partial charge in [-0.25, -0.2) is 0 Å². The summed E-state index contributed by atoms with van der Waals surface area (Å²) in [5.74, 6) is 0.140. The average Bonchev–Trinajstić information content (AvgIpc) is 3.09. The van der Waals surface area contributed by atoms with Crippen molar-refractivity contribution in [2.45, 2.75) is 19.3 Å². The minimum Gasteiger partial charge on any atom is -0.454 e. The van der Waals surface area contributed by atoms with E-state index in [-0.39, 0.29) is 18.6 Å². The van der Waals surface area contributed by atoms with Gasteiger partial charge < -0.3 is 9.47 Å². The van der Waals surface area contributed by atoms with Crippen molar-refractivity contribution < 1.29 is 19.1 Å². The predicted octanol–water partition coefficient (Wildman–Crippen LogP) is 2.37. The first-order valence-electron chi connectivity index (χ1n) is 7.74. The van der Waals surface area contributed by atoms with Gasteiger partial charge in [-0.2, -0.15) is 0 Å². The second-order valence-electron chi connectivity index (χ2n) is 5.38. The van der Waals surface area contributed by atoms with E-state index in [0.717, 1.165) is 5.56 Å². The molecular weight excluding hydrogens is 308 g/mol. The van der Waals surface area contributed by atoms with Crippen LogP contribution in [0.4, 0.5) is 0 Å². The zero-order chi connectivity index (χ0) is 16.9. The van der Waals surface area contributed by atoms with Crippen molar-refractivity contribution >= 4 is 11.8 Å². The molecule has 24 heavy (non-hydrogen) atoms. The molecule has 1 aliphatic heterocycles. The van der Waals surface area contributed by atoms with Crippen LogP contribution in [0.5, 0.6) is 11.5 Å². The Morgan fingerprint density at radius 3 is 2.54 bits per heavy atom. The number of fused-ring (bicyclic) bond motifs is 1. The molecule has 0 bridgehead atoms. The molecule has 2 amide bonds. The highest BCUT2D eigenvalue weighted by Gasteiger charge is 2.20. The summed E-state index contributed by atoms with van der Waals surface area (Å²) in [5, 5.41) is 0. The maximum absolute atomic E-state index is 12.3. The second kappa shape index (κ2) is 7.04. The van der Waals surface area contributed by atoms with Crippen molar-refractivity contribution in [3.8, 4) is 11.5 Å². The van der Waals surface area contributed by atoms with Gasteiger partial charge in [-0.1, -0.05) is 37.3 Å². The van der Waals surface area contributed by atoms with Crippen LogP contribution in [0.15, 0.2) is 48.5 Å².